The van der Waals surface area contributed by atoms with Crippen molar-refractivity contribution in [1.82, 2.24) is 29.9 Å². The van der Waals surface area contributed by atoms with Crippen molar-refractivity contribution >= 4 is 32.8 Å². The van der Waals surface area contributed by atoms with Crippen LogP contribution < -0.4 is 0 Å². The minimum atomic E-state index is 0.861. The summed E-state index contributed by atoms with van der Waals surface area (Å²) in [5.41, 5.74) is 11.0. The van der Waals surface area contributed by atoms with Gasteiger partial charge in [0.2, 0.25) is 0 Å². The minimum absolute atomic E-state index is 0.861. The number of H-pyrrole nitrogens is 2. The summed E-state index contributed by atoms with van der Waals surface area (Å²) in [6.45, 7) is 3.99. The normalized spacial score (nSPS) is 13.1. The van der Waals surface area contributed by atoms with E-state index >= 15 is 0 Å². The summed E-state index contributed by atoms with van der Waals surface area (Å²) in [5, 5.41) is 2.17. The standard InChI is InChI=1S/C26H20N6/c1-13-29-21-8-5-17-11-15(3-6-18(17)22(21)30-13)16-4-7-19-20(12-16)23-25(28-10-9-27-23)26-24(19)31-14(2)32-26/h3-4,6-7,9-12H,5,8H2,1-2H3,(H,29,30)(H,31,32). The lowest BCUT2D eigenvalue weighted by Gasteiger charge is -2.17. The lowest BCUT2D eigenvalue weighted by molar-refractivity contribution is 0.905. The predicted octanol–water partition coefficient (Wildman–Crippen LogP) is 5.43. The maximum absolute atomic E-state index is 4.74. The van der Waals surface area contributed by atoms with Crippen molar-refractivity contribution in [1.29, 1.82) is 0 Å². The first kappa shape index (κ1) is 17.6. The molecule has 6 aromatic rings. The van der Waals surface area contributed by atoms with E-state index in [1.54, 1.807) is 12.4 Å². The number of hydrogen-bond acceptors (Lipinski definition) is 4. The van der Waals surface area contributed by atoms with Gasteiger partial charge in [0.25, 0.3) is 0 Å². The molecule has 0 spiro atoms. The highest BCUT2D eigenvalue weighted by atomic mass is 14.9. The Bertz CT molecular complexity index is 1710. The number of benzene rings is 3. The van der Waals surface area contributed by atoms with E-state index < -0.39 is 0 Å². The summed E-state index contributed by atoms with van der Waals surface area (Å²) >= 11 is 0. The number of nitrogens with zero attached hydrogens (tertiary/aromatic N) is 4. The smallest absolute Gasteiger partial charge is 0.115 e. The van der Waals surface area contributed by atoms with E-state index in [1.165, 1.54) is 27.9 Å². The molecule has 3 aromatic carbocycles. The van der Waals surface area contributed by atoms with Crippen LogP contribution in [0, 0.1) is 13.8 Å². The Morgan fingerprint density at radius 3 is 2.41 bits per heavy atom. The summed E-state index contributed by atoms with van der Waals surface area (Å²) in [6.07, 6.45) is 5.52. The highest BCUT2D eigenvalue weighted by Gasteiger charge is 2.20. The van der Waals surface area contributed by atoms with Crippen LogP contribution in [0.2, 0.25) is 0 Å². The molecule has 0 saturated heterocycles. The highest BCUT2D eigenvalue weighted by Crippen LogP contribution is 2.37. The third-order valence-corrected chi connectivity index (χ3v) is 6.52. The molecule has 6 heteroatoms. The van der Waals surface area contributed by atoms with E-state index in [0.29, 0.717) is 0 Å². The third-order valence-electron chi connectivity index (χ3n) is 6.52. The maximum Gasteiger partial charge on any atom is 0.115 e. The fourth-order valence-electron chi connectivity index (χ4n) is 5.12. The lowest BCUT2D eigenvalue weighted by Crippen LogP contribution is -2.03. The van der Waals surface area contributed by atoms with Gasteiger partial charge in [-0.05, 0) is 49.4 Å². The molecule has 0 amide bonds. The number of aryl methyl sites for hydroxylation is 4. The molecule has 0 radical (unpaired) electrons. The Morgan fingerprint density at radius 2 is 1.50 bits per heavy atom. The van der Waals surface area contributed by atoms with Crippen molar-refractivity contribution in [2.75, 3.05) is 0 Å². The number of hydrogen-bond donors (Lipinski definition) is 2. The van der Waals surface area contributed by atoms with Crippen molar-refractivity contribution < 1.29 is 0 Å². The van der Waals surface area contributed by atoms with Crippen molar-refractivity contribution in [3.05, 3.63) is 71.7 Å². The monoisotopic (exact) mass is 416 g/mol. The largest absolute Gasteiger partial charge is 0.346 e. The molecule has 2 N–H and O–H groups in total. The van der Waals surface area contributed by atoms with Gasteiger partial charge >= 0.3 is 0 Å². The van der Waals surface area contributed by atoms with Crippen LogP contribution in [0.15, 0.2) is 48.8 Å². The fraction of sp³-hybridized carbons (Fsp3) is 0.154. The first-order chi connectivity index (χ1) is 15.7. The zero-order valence-corrected chi connectivity index (χ0v) is 17.8. The average molecular weight is 416 g/mol. The Morgan fingerprint density at radius 1 is 0.719 bits per heavy atom. The molecular weight excluding hydrogens is 396 g/mol. The molecule has 0 aliphatic heterocycles. The van der Waals surface area contributed by atoms with E-state index in [2.05, 4.69) is 56.3 Å². The highest BCUT2D eigenvalue weighted by molar-refractivity contribution is 6.21. The molecule has 32 heavy (non-hydrogen) atoms. The second kappa shape index (κ2) is 6.23. The Labute approximate surface area is 183 Å². The molecule has 3 aromatic heterocycles. The number of aromatic amines is 2. The number of imidazole rings is 2. The molecule has 0 fully saturated rings. The SMILES string of the molecule is Cc1nc2c([nH]1)CCc1cc(-c3ccc4c(c3)c3nccnc3c3[nH]c(C)nc43)ccc1-2. The van der Waals surface area contributed by atoms with Gasteiger partial charge in [-0.25, -0.2) is 9.97 Å². The molecule has 6 nitrogen and oxygen atoms in total. The van der Waals surface area contributed by atoms with E-state index in [4.69, 9.17) is 9.97 Å². The average Bonchev–Trinajstić information content (AvgIpc) is 3.40. The Balaban J connectivity index is 1.45. The summed E-state index contributed by atoms with van der Waals surface area (Å²) in [7, 11) is 0. The van der Waals surface area contributed by atoms with Crippen molar-refractivity contribution in [3.8, 4) is 22.4 Å². The quantitative estimate of drug-likeness (QED) is 0.350. The topological polar surface area (TPSA) is 83.1 Å². The molecular formula is C26H20N6. The molecule has 7 rings (SSSR count). The van der Waals surface area contributed by atoms with Gasteiger partial charge in [0, 0.05) is 34.4 Å². The third kappa shape index (κ3) is 2.40. The molecule has 0 bridgehead atoms. The van der Waals surface area contributed by atoms with Gasteiger partial charge in [-0.3, -0.25) is 9.97 Å². The molecule has 3 heterocycles. The zero-order valence-electron chi connectivity index (χ0n) is 17.8. The first-order valence-electron chi connectivity index (χ1n) is 10.9. The van der Waals surface area contributed by atoms with E-state index in [9.17, 15) is 0 Å². The van der Waals surface area contributed by atoms with E-state index in [0.717, 1.165) is 63.0 Å². The van der Waals surface area contributed by atoms with Crippen LogP contribution in [0.5, 0.6) is 0 Å². The van der Waals surface area contributed by atoms with Gasteiger partial charge in [0.05, 0.1) is 22.2 Å². The van der Waals surface area contributed by atoms with Gasteiger partial charge in [-0.2, -0.15) is 0 Å². The summed E-state index contributed by atoms with van der Waals surface area (Å²) < 4.78 is 0. The molecule has 0 saturated carbocycles. The van der Waals surface area contributed by atoms with Gasteiger partial charge in [0.15, 0.2) is 0 Å². The predicted molar refractivity (Wildman–Crippen MR) is 127 cm³/mol. The van der Waals surface area contributed by atoms with Gasteiger partial charge < -0.3 is 9.97 Å². The van der Waals surface area contributed by atoms with Gasteiger partial charge in [-0.15, -0.1) is 0 Å². The van der Waals surface area contributed by atoms with Crippen molar-refractivity contribution in [2.45, 2.75) is 26.7 Å². The van der Waals surface area contributed by atoms with Crippen LogP contribution >= 0.6 is 0 Å². The summed E-state index contributed by atoms with van der Waals surface area (Å²) in [5.74, 6) is 1.86. The summed E-state index contributed by atoms with van der Waals surface area (Å²) in [4.78, 5) is 25.5. The molecule has 1 aliphatic rings. The number of nitrogens with one attached hydrogen (secondary N) is 2. The molecule has 0 unspecified atom stereocenters. The second-order valence-corrected chi connectivity index (χ2v) is 8.58. The van der Waals surface area contributed by atoms with Crippen LogP contribution in [-0.4, -0.2) is 29.9 Å². The van der Waals surface area contributed by atoms with Crippen LogP contribution in [0.25, 0.3) is 55.2 Å². The van der Waals surface area contributed by atoms with Gasteiger partial charge in [0.1, 0.15) is 17.2 Å². The molecule has 0 atom stereocenters. The van der Waals surface area contributed by atoms with Gasteiger partial charge in [-0.1, -0.05) is 30.3 Å². The van der Waals surface area contributed by atoms with Crippen molar-refractivity contribution in [3.63, 3.8) is 0 Å². The molecule has 154 valence electrons. The van der Waals surface area contributed by atoms with E-state index in [1.807, 2.05) is 13.8 Å². The molecule has 1 aliphatic carbocycles. The zero-order chi connectivity index (χ0) is 21.4. The summed E-state index contributed by atoms with van der Waals surface area (Å²) in [6, 6.07) is 13.3. The number of aromatic nitrogens is 6. The fourth-order valence-corrected chi connectivity index (χ4v) is 5.12. The van der Waals surface area contributed by atoms with Crippen LogP contribution in [0.4, 0.5) is 0 Å². The van der Waals surface area contributed by atoms with E-state index in [-0.39, 0.29) is 0 Å². The lowest BCUT2D eigenvalue weighted by atomic mass is 9.89. The number of rotatable bonds is 1. The Hall–Kier alpha value is -4.06. The van der Waals surface area contributed by atoms with Crippen molar-refractivity contribution in [2.24, 2.45) is 0 Å². The van der Waals surface area contributed by atoms with Crippen LogP contribution in [-0.2, 0) is 12.8 Å². The van der Waals surface area contributed by atoms with Crippen LogP contribution in [0.1, 0.15) is 22.9 Å². The number of fused-ring (bicyclic) bond motifs is 9. The second-order valence-electron chi connectivity index (χ2n) is 8.58. The minimum Gasteiger partial charge on any atom is -0.346 e. The van der Waals surface area contributed by atoms with Crippen LogP contribution in [0.3, 0.4) is 0 Å². The Kier molecular flexibility index (Phi) is 3.43. The maximum atomic E-state index is 4.74. The first-order valence-corrected chi connectivity index (χ1v) is 10.9.